The summed E-state index contributed by atoms with van der Waals surface area (Å²) in [6.07, 6.45) is 3.31. The first-order valence-electron chi connectivity index (χ1n) is 9.17. The number of methoxy groups -OCH3 is 1. The van der Waals surface area contributed by atoms with Crippen molar-refractivity contribution in [2.75, 3.05) is 26.8 Å². The normalized spacial score (nSPS) is 23.8. The van der Waals surface area contributed by atoms with Gasteiger partial charge in [0, 0.05) is 31.6 Å². The van der Waals surface area contributed by atoms with Crippen molar-refractivity contribution in [3.05, 3.63) is 36.0 Å². The number of rotatable bonds is 3. The number of aliphatic hydroxyl groups excluding tert-OH is 1. The van der Waals surface area contributed by atoms with Crippen molar-refractivity contribution in [3.8, 4) is 5.75 Å². The molecule has 1 aromatic carbocycles. The molecular weight excluding hydrogens is 316 g/mol. The van der Waals surface area contributed by atoms with Crippen molar-refractivity contribution in [1.82, 2.24) is 9.88 Å². The summed E-state index contributed by atoms with van der Waals surface area (Å²) in [6.45, 7) is 3.47. The molecule has 0 amide bonds. The predicted octanol–water partition coefficient (Wildman–Crippen LogP) is 2.75. The van der Waals surface area contributed by atoms with E-state index in [2.05, 4.69) is 23.1 Å². The Labute approximate surface area is 148 Å². The summed E-state index contributed by atoms with van der Waals surface area (Å²) in [5.41, 5.74) is 1.66. The predicted molar refractivity (Wildman–Crippen MR) is 96.7 cm³/mol. The number of piperidine rings is 1. The molecule has 134 valence electrons. The van der Waals surface area contributed by atoms with Crippen LogP contribution < -0.4 is 4.74 Å². The molecule has 4 rings (SSSR count). The largest absolute Gasteiger partial charge is 0.494 e. The molecule has 2 aliphatic rings. The highest BCUT2D eigenvalue weighted by molar-refractivity contribution is 5.84. The van der Waals surface area contributed by atoms with Crippen molar-refractivity contribution in [2.45, 2.75) is 43.9 Å². The first-order chi connectivity index (χ1) is 12.2. The molecule has 0 saturated carbocycles. The molecule has 2 aromatic rings. The van der Waals surface area contributed by atoms with Gasteiger partial charge in [-0.25, -0.2) is 4.98 Å². The first-order valence-corrected chi connectivity index (χ1v) is 9.17. The lowest BCUT2D eigenvalue weighted by Crippen LogP contribution is -2.55. The Hall–Kier alpha value is -1.69. The second-order valence-corrected chi connectivity index (χ2v) is 7.18. The summed E-state index contributed by atoms with van der Waals surface area (Å²) in [4.78, 5) is 7.21. The molecule has 0 aliphatic carbocycles. The van der Waals surface area contributed by atoms with Gasteiger partial charge in [-0.15, -0.1) is 0 Å². The monoisotopic (exact) mass is 342 g/mol. The van der Waals surface area contributed by atoms with Gasteiger partial charge in [-0.1, -0.05) is 18.2 Å². The minimum Gasteiger partial charge on any atom is -0.494 e. The molecule has 1 spiro atoms. The highest BCUT2D eigenvalue weighted by atomic mass is 16.5. The average molecular weight is 342 g/mol. The Bertz CT molecular complexity index is 741. The molecule has 2 saturated heterocycles. The number of aromatic nitrogens is 1. The van der Waals surface area contributed by atoms with E-state index in [1.54, 1.807) is 7.11 Å². The van der Waals surface area contributed by atoms with Crippen LogP contribution in [0.4, 0.5) is 0 Å². The maximum Gasteiger partial charge on any atom is 0.145 e. The highest BCUT2D eigenvalue weighted by Gasteiger charge is 2.43. The maximum absolute atomic E-state index is 10.4. The van der Waals surface area contributed by atoms with E-state index in [0.717, 1.165) is 74.3 Å². The zero-order valence-electron chi connectivity index (χ0n) is 14.8. The minimum atomic E-state index is -0.313. The van der Waals surface area contributed by atoms with Crippen molar-refractivity contribution < 1.29 is 14.6 Å². The number of hydrogen-bond acceptors (Lipinski definition) is 5. The van der Waals surface area contributed by atoms with E-state index in [9.17, 15) is 5.11 Å². The number of fused-ring (bicyclic) bond motifs is 1. The lowest BCUT2D eigenvalue weighted by atomic mass is 9.82. The standard InChI is InChI=1S/C20H26N2O3/c1-24-17-5-2-4-15-7-8-16(21-19(15)17)14-22-11-9-20(10-12-22)18(23)6-3-13-25-20/h2,4-5,7-8,18,23H,3,6,9-14H2,1H3/t18-/m1/s1. The fourth-order valence-corrected chi connectivity index (χ4v) is 4.12. The Morgan fingerprint density at radius 2 is 2.12 bits per heavy atom. The van der Waals surface area contributed by atoms with Crippen LogP contribution in [0.2, 0.25) is 0 Å². The van der Waals surface area contributed by atoms with Crippen LogP contribution in [0.25, 0.3) is 10.9 Å². The molecule has 1 aromatic heterocycles. The van der Waals surface area contributed by atoms with Crippen LogP contribution in [0.1, 0.15) is 31.4 Å². The first kappa shape index (κ1) is 16.8. The zero-order valence-corrected chi connectivity index (χ0v) is 14.8. The van der Waals surface area contributed by atoms with Gasteiger partial charge in [0.1, 0.15) is 11.3 Å². The van der Waals surface area contributed by atoms with E-state index in [-0.39, 0.29) is 11.7 Å². The third kappa shape index (κ3) is 3.24. The Morgan fingerprint density at radius 1 is 1.28 bits per heavy atom. The molecule has 2 fully saturated rings. The molecule has 0 radical (unpaired) electrons. The van der Waals surface area contributed by atoms with E-state index in [1.807, 2.05) is 12.1 Å². The fourth-order valence-electron chi connectivity index (χ4n) is 4.12. The van der Waals surface area contributed by atoms with E-state index >= 15 is 0 Å². The van der Waals surface area contributed by atoms with Crippen LogP contribution >= 0.6 is 0 Å². The van der Waals surface area contributed by atoms with Crippen LogP contribution in [-0.4, -0.2) is 53.5 Å². The van der Waals surface area contributed by atoms with Gasteiger partial charge in [0.2, 0.25) is 0 Å². The smallest absolute Gasteiger partial charge is 0.145 e. The Kier molecular flexibility index (Phi) is 4.63. The zero-order chi connectivity index (χ0) is 17.3. The van der Waals surface area contributed by atoms with Gasteiger partial charge in [-0.3, -0.25) is 4.90 Å². The molecule has 1 atom stereocenters. The quantitative estimate of drug-likeness (QED) is 0.929. The second kappa shape index (κ2) is 6.90. The topological polar surface area (TPSA) is 54.8 Å². The summed E-state index contributed by atoms with van der Waals surface area (Å²) in [7, 11) is 1.68. The van der Waals surface area contributed by atoms with Crippen LogP contribution in [0.15, 0.2) is 30.3 Å². The molecule has 25 heavy (non-hydrogen) atoms. The van der Waals surface area contributed by atoms with Crippen molar-refractivity contribution in [2.24, 2.45) is 0 Å². The maximum atomic E-state index is 10.4. The van der Waals surface area contributed by atoms with Crippen molar-refractivity contribution in [1.29, 1.82) is 0 Å². The lowest BCUT2D eigenvalue weighted by molar-refractivity contribution is -0.177. The SMILES string of the molecule is COc1cccc2ccc(CN3CCC4(CC3)OCCC[C@H]4O)nc12. The van der Waals surface area contributed by atoms with Crippen LogP contribution in [0, 0.1) is 0 Å². The van der Waals surface area contributed by atoms with E-state index in [0.29, 0.717) is 0 Å². The van der Waals surface area contributed by atoms with Crippen LogP contribution in [0.5, 0.6) is 5.75 Å². The Morgan fingerprint density at radius 3 is 2.88 bits per heavy atom. The molecule has 5 nitrogen and oxygen atoms in total. The lowest BCUT2D eigenvalue weighted by Gasteiger charge is -2.46. The fraction of sp³-hybridized carbons (Fsp3) is 0.550. The van der Waals surface area contributed by atoms with E-state index < -0.39 is 0 Å². The number of aliphatic hydroxyl groups is 1. The van der Waals surface area contributed by atoms with Gasteiger partial charge in [0.05, 0.1) is 24.5 Å². The average Bonchev–Trinajstić information content (AvgIpc) is 2.65. The number of hydrogen-bond donors (Lipinski definition) is 1. The van der Waals surface area contributed by atoms with Gasteiger partial charge >= 0.3 is 0 Å². The van der Waals surface area contributed by atoms with E-state index in [1.165, 1.54) is 0 Å². The number of nitrogens with zero attached hydrogens (tertiary/aromatic N) is 2. The summed E-state index contributed by atoms with van der Waals surface area (Å²) in [6, 6.07) is 10.2. The number of benzene rings is 1. The van der Waals surface area contributed by atoms with Gasteiger partial charge in [0.25, 0.3) is 0 Å². The third-order valence-electron chi connectivity index (χ3n) is 5.67. The van der Waals surface area contributed by atoms with Gasteiger partial charge in [-0.05, 0) is 37.8 Å². The molecule has 3 heterocycles. The molecule has 0 unspecified atom stereocenters. The number of para-hydroxylation sites is 1. The molecule has 1 N–H and O–H groups in total. The van der Waals surface area contributed by atoms with Crippen LogP contribution in [-0.2, 0) is 11.3 Å². The van der Waals surface area contributed by atoms with Gasteiger partial charge < -0.3 is 14.6 Å². The summed E-state index contributed by atoms with van der Waals surface area (Å²) in [5.74, 6) is 0.815. The number of ether oxygens (including phenoxy) is 2. The summed E-state index contributed by atoms with van der Waals surface area (Å²) >= 11 is 0. The third-order valence-corrected chi connectivity index (χ3v) is 5.67. The van der Waals surface area contributed by atoms with Gasteiger partial charge in [-0.2, -0.15) is 0 Å². The van der Waals surface area contributed by atoms with Crippen LogP contribution in [0.3, 0.4) is 0 Å². The molecular formula is C20H26N2O3. The molecule has 5 heteroatoms. The summed E-state index contributed by atoms with van der Waals surface area (Å²) < 4.78 is 11.4. The van der Waals surface area contributed by atoms with Crippen molar-refractivity contribution in [3.63, 3.8) is 0 Å². The molecule has 2 aliphatic heterocycles. The molecule has 0 bridgehead atoms. The summed E-state index contributed by atoms with van der Waals surface area (Å²) in [5, 5.41) is 11.5. The van der Waals surface area contributed by atoms with E-state index in [4.69, 9.17) is 14.5 Å². The number of likely N-dealkylation sites (tertiary alicyclic amines) is 1. The number of pyridine rings is 1. The highest BCUT2D eigenvalue weighted by Crippen LogP contribution is 2.35. The minimum absolute atomic E-state index is 0.311. The Balaban J connectivity index is 1.46. The van der Waals surface area contributed by atoms with Crippen molar-refractivity contribution >= 4 is 10.9 Å². The second-order valence-electron chi connectivity index (χ2n) is 7.18. The van der Waals surface area contributed by atoms with Gasteiger partial charge in [0.15, 0.2) is 0 Å².